The minimum atomic E-state index is 0.533. The second kappa shape index (κ2) is 5.96. The molecule has 1 aromatic rings. The van der Waals surface area contributed by atoms with Gasteiger partial charge in [0.2, 0.25) is 5.89 Å². The summed E-state index contributed by atoms with van der Waals surface area (Å²) in [5.41, 5.74) is 0. The van der Waals surface area contributed by atoms with Crippen LogP contribution >= 0.6 is 0 Å². The molecule has 0 radical (unpaired) electrons. The zero-order chi connectivity index (χ0) is 11.2. The van der Waals surface area contributed by atoms with E-state index in [1.54, 1.807) is 0 Å². The zero-order valence-electron chi connectivity index (χ0n) is 9.83. The largest absolute Gasteiger partial charge is 0.339 e. The van der Waals surface area contributed by atoms with E-state index in [2.05, 4.69) is 20.8 Å². The summed E-state index contributed by atoms with van der Waals surface area (Å²) in [6.45, 7) is 2.11. The van der Waals surface area contributed by atoms with Gasteiger partial charge in [-0.3, -0.25) is 0 Å². The summed E-state index contributed by atoms with van der Waals surface area (Å²) in [6, 6.07) is 0.533. The molecule has 0 spiro atoms. The molecule has 16 heavy (non-hydrogen) atoms. The van der Waals surface area contributed by atoms with Gasteiger partial charge in [0.1, 0.15) is 0 Å². The average molecular weight is 224 g/mol. The molecule has 0 bridgehead atoms. The van der Waals surface area contributed by atoms with Gasteiger partial charge in [0, 0.05) is 18.9 Å². The quantitative estimate of drug-likeness (QED) is 0.690. The van der Waals surface area contributed by atoms with E-state index in [-0.39, 0.29) is 0 Å². The summed E-state index contributed by atoms with van der Waals surface area (Å²) in [5.74, 6) is 1.61. The van der Waals surface area contributed by atoms with Crippen molar-refractivity contribution < 1.29 is 4.52 Å². The SMILES string of the molecule is CNCCCc1noc(CC2CCCN2)n1. The molecule has 5 nitrogen and oxygen atoms in total. The summed E-state index contributed by atoms with van der Waals surface area (Å²) >= 11 is 0. The Kier molecular flexibility index (Phi) is 4.30. The van der Waals surface area contributed by atoms with Crippen LogP contribution in [-0.2, 0) is 12.8 Å². The Hall–Kier alpha value is -0.940. The molecule has 1 atom stereocenters. The lowest BCUT2D eigenvalue weighted by molar-refractivity contribution is 0.359. The lowest BCUT2D eigenvalue weighted by Crippen LogP contribution is -2.23. The average Bonchev–Trinajstić information content (AvgIpc) is 2.91. The van der Waals surface area contributed by atoms with Crippen molar-refractivity contribution in [3.05, 3.63) is 11.7 Å². The molecule has 90 valence electrons. The minimum absolute atomic E-state index is 0.533. The highest BCUT2D eigenvalue weighted by atomic mass is 16.5. The summed E-state index contributed by atoms with van der Waals surface area (Å²) in [7, 11) is 1.95. The normalized spacial score (nSPS) is 20.4. The number of aryl methyl sites for hydroxylation is 1. The molecule has 1 fully saturated rings. The van der Waals surface area contributed by atoms with Gasteiger partial charge in [-0.2, -0.15) is 4.98 Å². The fraction of sp³-hybridized carbons (Fsp3) is 0.818. The first-order valence-corrected chi connectivity index (χ1v) is 6.08. The number of rotatable bonds is 6. The van der Waals surface area contributed by atoms with Crippen molar-refractivity contribution in [2.24, 2.45) is 0 Å². The number of hydrogen-bond donors (Lipinski definition) is 2. The number of nitrogens with one attached hydrogen (secondary N) is 2. The number of nitrogens with zero attached hydrogens (tertiary/aromatic N) is 2. The Morgan fingerprint density at radius 2 is 2.50 bits per heavy atom. The van der Waals surface area contributed by atoms with Gasteiger partial charge in [0.25, 0.3) is 0 Å². The minimum Gasteiger partial charge on any atom is -0.339 e. The molecule has 0 aromatic carbocycles. The molecule has 1 aliphatic rings. The summed E-state index contributed by atoms with van der Waals surface area (Å²) in [5, 5.41) is 10.5. The van der Waals surface area contributed by atoms with Crippen molar-refractivity contribution in [3.8, 4) is 0 Å². The van der Waals surface area contributed by atoms with Crippen LogP contribution in [0, 0.1) is 0 Å². The van der Waals surface area contributed by atoms with Crippen LogP contribution in [0.2, 0.25) is 0 Å². The molecule has 2 heterocycles. The Morgan fingerprint density at radius 3 is 3.25 bits per heavy atom. The van der Waals surface area contributed by atoms with Gasteiger partial charge in [-0.25, -0.2) is 0 Å². The van der Waals surface area contributed by atoms with E-state index in [1.165, 1.54) is 12.8 Å². The van der Waals surface area contributed by atoms with E-state index in [1.807, 2.05) is 7.05 Å². The second-order valence-electron chi connectivity index (χ2n) is 4.31. The van der Waals surface area contributed by atoms with Crippen molar-refractivity contribution in [3.63, 3.8) is 0 Å². The molecule has 0 aliphatic carbocycles. The third-order valence-electron chi connectivity index (χ3n) is 2.92. The van der Waals surface area contributed by atoms with E-state index in [9.17, 15) is 0 Å². The first kappa shape index (κ1) is 11.5. The molecular weight excluding hydrogens is 204 g/mol. The molecule has 1 saturated heterocycles. The molecular formula is C11H20N4O. The van der Waals surface area contributed by atoms with Crippen LogP contribution in [0.25, 0.3) is 0 Å². The van der Waals surface area contributed by atoms with Gasteiger partial charge in [-0.05, 0) is 39.4 Å². The van der Waals surface area contributed by atoms with Crippen LogP contribution in [0.3, 0.4) is 0 Å². The molecule has 1 unspecified atom stereocenters. The van der Waals surface area contributed by atoms with Gasteiger partial charge in [0.15, 0.2) is 5.82 Å². The van der Waals surface area contributed by atoms with Crippen molar-refractivity contribution in [1.82, 2.24) is 20.8 Å². The predicted molar refractivity (Wildman–Crippen MR) is 61.3 cm³/mol. The van der Waals surface area contributed by atoms with Crippen LogP contribution in [0.4, 0.5) is 0 Å². The molecule has 0 amide bonds. The Labute approximate surface area is 96.0 Å². The maximum Gasteiger partial charge on any atom is 0.228 e. The van der Waals surface area contributed by atoms with Crippen molar-refractivity contribution in [1.29, 1.82) is 0 Å². The maximum atomic E-state index is 5.24. The standard InChI is InChI=1S/C11H20N4O/c1-12-6-3-5-10-14-11(16-15-10)8-9-4-2-7-13-9/h9,12-13H,2-8H2,1H3. The summed E-state index contributed by atoms with van der Waals surface area (Å²) in [4.78, 5) is 4.40. The number of hydrogen-bond acceptors (Lipinski definition) is 5. The second-order valence-corrected chi connectivity index (χ2v) is 4.31. The first-order valence-electron chi connectivity index (χ1n) is 6.08. The van der Waals surface area contributed by atoms with Crippen molar-refractivity contribution >= 4 is 0 Å². The molecule has 1 aromatic heterocycles. The van der Waals surface area contributed by atoms with E-state index < -0.39 is 0 Å². The highest BCUT2D eigenvalue weighted by Gasteiger charge is 2.17. The zero-order valence-corrected chi connectivity index (χ0v) is 9.83. The first-order chi connectivity index (χ1) is 7.88. The fourth-order valence-electron chi connectivity index (χ4n) is 2.04. The Balaban J connectivity index is 1.77. The Bertz CT molecular complexity index is 307. The third kappa shape index (κ3) is 3.28. The lowest BCUT2D eigenvalue weighted by Gasteiger charge is -2.04. The smallest absolute Gasteiger partial charge is 0.228 e. The van der Waals surface area contributed by atoms with Crippen LogP contribution in [0.1, 0.15) is 31.0 Å². The molecule has 0 saturated carbocycles. The predicted octanol–water partition coefficient (Wildman–Crippen LogP) is 0.516. The fourth-order valence-corrected chi connectivity index (χ4v) is 2.04. The van der Waals surface area contributed by atoms with Crippen LogP contribution in [0.15, 0.2) is 4.52 Å². The van der Waals surface area contributed by atoms with E-state index in [0.29, 0.717) is 6.04 Å². The monoisotopic (exact) mass is 224 g/mol. The summed E-state index contributed by atoms with van der Waals surface area (Å²) < 4.78 is 5.24. The van der Waals surface area contributed by atoms with E-state index in [0.717, 1.165) is 44.1 Å². The lowest BCUT2D eigenvalue weighted by atomic mass is 10.1. The van der Waals surface area contributed by atoms with Gasteiger partial charge >= 0.3 is 0 Å². The van der Waals surface area contributed by atoms with Gasteiger partial charge in [-0.1, -0.05) is 5.16 Å². The number of aromatic nitrogens is 2. The van der Waals surface area contributed by atoms with Crippen molar-refractivity contribution in [2.45, 2.75) is 38.1 Å². The molecule has 1 aliphatic heterocycles. The van der Waals surface area contributed by atoms with E-state index in [4.69, 9.17) is 4.52 Å². The van der Waals surface area contributed by atoms with Crippen molar-refractivity contribution in [2.75, 3.05) is 20.1 Å². The van der Waals surface area contributed by atoms with Crippen LogP contribution in [-0.4, -0.2) is 36.3 Å². The maximum absolute atomic E-state index is 5.24. The van der Waals surface area contributed by atoms with Gasteiger partial charge in [-0.15, -0.1) is 0 Å². The van der Waals surface area contributed by atoms with Crippen LogP contribution in [0.5, 0.6) is 0 Å². The Morgan fingerprint density at radius 1 is 1.56 bits per heavy atom. The van der Waals surface area contributed by atoms with Gasteiger partial charge < -0.3 is 15.2 Å². The summed E-state index contributed by atoms with van der Waals surface area (Å²) in [6.07, 6.45) is 5.30. The third-order valence-corrected chi connectivity index (χ3v) is 2.92. The topological polar surface area (TPSA) is 63.0 Å². The highest BCUT2D eigenvalue weighted by Crippen LogP contribution is 2.11. The highest BCUT2D eigenvalue weighted by molar-refractivity contribution is 4.91. The van der Waals surface area contributed by atoms with Crippen LogP contribution < -0.4 is 10.6 Å². The molecule has 2 rings (SSSR count). The van der Waals surface area contributed by atoms with E-state index >= 15 is 0 Å². The molecule has 5 heteroatoms. The molecule has 2 N–H and O–H groups in total. The van der Waals surface area contributed by atoms with Gasteiger partial charge in [0.05, 0.1) is 0 Å².